The van der Waals surface area contributed by atoms with Crippen molar-refractivity contribution in [2.45, 2.75) is 0 Å². The van der Waals surface area contributed by atoms with Crippen LogP contribution in [-0.4, -0.2) is 45.5 Å². The Kier molecular flexibility index (Phi) is 2.80. The Morgan fingerprint density at radius 3 is 2.00 bits per heavy atom. The Labute approximate surface area is 108 Å². The quantitative estimate of drug-likeness (QED) is 0.520. The second-order valence-corrected chi connectivity index (χ2v) is 7.12. The van der Waals surface area contributed by atoms with Crippen LogP contribution in [0, 0.1) is 0 Å². The highest BCUT2D eigenvalue weighted by atomic mass is 35.5. The van der Waals surface area contributed by atoms with Crippen LogP contribution in [0.5, 0.6) is 0 Å². The van der Waals surface area contributed by atoms with Gasteiger partial charge in [0.15, 0.2) is 0 Å². The molecule has 1 aromatic heterocycles. The van der Waals surface area contributed by atoms with E-state index in [-0.39, 0.29) is 16.3 Å². The minimum absolute atomic E-state index is 0.213. The number of rotatable bonds is 4. The lowest BCUT2D eigenvalue weighted by molar-refractivity contribution is 0.523. The summed E-state index contributed by atoms with van der Waals surface area (Å²) in [7, 11) is -2.73. The monoisotopic (exact) mass is 293 g/mol. The molecule has 2 saturated heterocycles. The molecule has 3 heterocycles. The van der Waals surface area contributed by atoms with Gasteiger partial charge in [0, 0.05) is 32.2 Å². The second kappa shape index (κ2) is 4.07. The van der Waals surface area contributed by atoms with E-state index in [2.05, 4.69) is 15.1 Å². The molecule has 2 aliphatic rings. The number of nitrogens with zero attached hydrogens (tertiary/aromatic N) is 4. The molecule has 1 N–H and O–H groups in total. The first-order valence-electron chi connectivity index (χ1n) is 5.17. The first kappa shape index (κ1) is 11.7. The van der Waals surface area contributed by atoms with Crippen LogP contribution in [0.1, 0.15) is 0 Å². The first-order chi connectivity index (χ1) is 8.08. The van der Waals surface area contributed by atoms with Gasteiger partial charge in [0.1, 0.15) is 10.3 Å². The Morgan fingerprint density at radius 2 is 1.59 bits per heavy atom. The molecule has 0 bridgehead atoms. The van der Waals surface area contributed by atoms with Crippen LogP contribution < -0.4 is 5.09 Å². The van der Waals surface area contributed by atoms with E-state index in [0.717, 1.165) is 26.2 Å². The number of hydrogen-bond donors (Lipinski definition) is 1. The minimum atomic E-state index is -2.73. The highest BCUT2D eigenvalue weighted by Crippen LogP contribution is 2.59. The summed E-state index contributed by atoms with van der Waals surface area (Å²) in [5.74, 6) is 0.213. The SMILES string of the molecule is O=P(Nc1nc(Cl)cc(Cl)n1)(N1CC1)N1CC1. The Hall–Kier alpha value is -0.390. The summed E-state index contributed by atoms with van der Waals surface area (Å²) < 4.78 is 16.5. The summed E-state index contributed by atoms with van der Waals surface area (Å²) >= 11 is 11.6. The predicted octanol–water partition coefficient (Wildman–Crippen LogP) is 1.93. The van der Waals surface area contributed by atoms with Crippen LogP contribution >= 0.6 is 30.8 Å². The molecular weight excluding hydrogens is 284 g/mol. The van der Waals surface area contributed by atoms with Crippen molar-refractivity contribution >= 4 is 36.7 Å². The molecule has 92 valence electrons. The van der Waals surface area contributed by atoms with Gasteiger partial charge in [-0.05, 0) is 0 Å². The average Bonchev–Trinajstić information content (AvgIpc) is 3.09. The van der Waals surface area contributed by atoms with Crippen molar-refractivity contribution in [1.29, 1.82) is 0 Å². The molecule has 2 fully saturated rings. The molecule has 0 amide bonds. The third-order valence-corrected chi connectivity index (χ3v) is 5.74. The molecule has 0 aliphatic carbocycles. The van der Waals surface area contributed by atoms with Crippen LogP contribution in [0.4, 0.5) is 5.95 Å². The van der Waals surface area contributed by atoms with Gasteiger partial charge in [-0.15, -0.1) is 0 Å². The molecule has 1 aromatic rings. The molecule has 0 saturated carbocycles. The van der Waals surface area contributed by atoms with Crippen LogP contribution in [0.25, 0.3) is 0 Å². The van der Waals surface area contributed by atoms with Crippen molar-refractivity contribution in [2.75, 3.05) is 31.3 Å². The van der Waals surface area contributed by atoms with Gasteiger partial charge in [-0.3, -0.25) is 9.65 Å². The van der Waals surface area contributed by atoms with Crippen LogP contribution in [0.2, 0.25) is 10.3 Å². The molecule has 3 rings (SSSR count). The zero-order valence-electron chi connectivity index (χ0n) is 8.81. The maximum absolute atomic E-state index is 12.7. The van der Waals surface area contributed by atoms with Gasteiger partial charge < -0.3 is 0 Å². The van der Waals surface area contributed by atoms with Gasteiger partial charge in [-0.1, -0.05) is 23.2 Å². The van der Waals surface area contributed by atoms with Gasteiger partial charge in [-0.2, -0.15) is 0 Å². The van der Waals surface area contributed by atoms with E-state index in [0.29, 0.717) is 0 Å². The Balaban J connectivity index is 1.87. The summed E-state index contributed by atoms with van der Waals surface area (Å²) in [5, 5.41) is 3.34. The summed E-state index contributed by atoms with van der Waals surface area (Å²) in [6, 6.07) is 1.44. The van der Waals surface area contributed by atoms with E-state index in [1.165, 1.54) is 6.07 Å². The zero-order chi connectivity index (χ0) is 12.0. The third-order valence-electron chi connectivity index (χ3n) is 2.52. The van der Waals surface area contributed by atoms with Gasteiger partial charge in [0.05, 0.1) is 0 Å². The van der Waals surface area contributed by atoms with E-state index in [1.807, 2.05) is 9.34 Å². The van der Waals surface area contributed by atoms with Gasteiger partial charge in [0.25, 0.3) is 0 Å². The Bertz CT molecular complexity index is 468. The van der Waals surface area contributed by atoms with Crippen molar-refractivity contribution in [1.82, 2.24) is 19.3 Å². The van der Waals surface area contributed by atoms with Gasteiger partial charge >= 0.3 is 7.59 Å². The van der Waals surface area contributed by atoms with E-state index < -0.39 is 7.59 Å². The number of nitrogens with one attached hydrogen (secondary N) is 1. The third kappa shape index (κ3) is 2.41. The predicted molar refractivity (Wildman–Crippen MR) is 66.4 cm³/mol. The lowest BCUT2D eigenvalue weighted by atomic mass is 10.7. The first-order valence-corrected chi connectivity index (χ1v) is 7.54. The number of hydrogen-bond acceptors (Lipinski definition) is 3. The fraction of sp³-hybridized carbons (Fsp3) is 0.500. The number of halogens is 2. The van der Waals surface area contributed by atoms with Crippen LogP contribution in [0.3, 0.4) is 0 Å². The standard InChI is InChI=1S/C8H10Cl2N5OP/c9-6-5-7(10)12-8(11-6)13-17(16,14-1-2-14)15-3-4-15/h5H,1-4H2,(H,11,12,13,16). The fourth-order valence-electron chi connectivity index (χ4n) is 1.52. The van der Waals surface area contributed by atoms with Crippen molar-refractivity contribution < 1.29 is 4.57 Å². The largest absolute Gasteiger partial charge is 0.311 e. The van der Waals surface area contributed by atoms with Crippen LogP contribution in [0.15, 0.2) is 6.07 Å². The molecule has 0 unspecified atom stereocenters. The summed E-state index contributed by atoms with van der Waals surface area (Å²) in [6.07, 6.45) is 0. The topological polar surface area (TPSA) is 60.9 Å². The average molecular weight is 294 g/mol. The number of aromatic nitrogens is 2. The summed E-state index contributed by atoms with van der Waals surface area (Å²) in [4.78, 5) is 7.95. The fourth-order valence-corrected chi connectivity index (χ4v) is 4.21. The zero-order valence-corrected chi connectivity index (χ0v) is 11.2. The molecule has 6 nitrogen and oxygen atoms in total. The second-order valence-electron chi connectivity index (χ2n) is 3.90. The number of anilines is 1. The molecule has 0 spiro atoms. The van der Waals surface area contributed by atoms with Gasteiger partial charge in [-0.25, -0.2) is 19.3 Å². The normalized spacial score (nSPS) is 20.4. The molecule has 0 radical (unpaired) electrons. The molecular formula is C8H10Cl2N5OP. The molecule has 2 aliphatic heterocycles. The lowest BCUT2D eigenvalue weighted by Gasteiger charge is -2.20. The smallest absolute Gasteiger partial charge is 0.281 e. The minimum Gasteiger partial charge on any atom is -0.281 e. The Morgan fingerprint density at radius 1 is 1.12 bits per heavy atom. The van der Waals surface area contributed by atoms with Crippen molar-refractivity contribution in [3.63, 3.8) is 0 Å². The molecule has 0 atom stereocenters. The lowest BCUT2D eigenvalue weighted by Crippen LogP contribution is -2.14. The molecule has 17 heavy (non-hydrogen) atoms. The molecule has 0 aromatic carbocycles. The van der Waals surface area contributed by atoms with E-state index >= 15 is 0 Å². The van der Waals surface area contributed by atoms with Gasteiger partial charge in [0.2, 0.25) is 5.95 Å². The van der Waals surface area contributed by atoms with E-state index in [4.69, 9.17) is 23.2 Å². The maximum atomic E-state index is 12.7. The maximum Gasteiger partial charge on any atom is 0.311 e. The van der Waals surface area contributed by atoms with Crippen molar-refractivity contribution in [3.05, 3.63) is 16.4 Å². The van der Waals surface area contributed by atoms with Crippen molar-refractivity contribution in [3.8, 4) is 0 Å². The highest BCUT2D eigenvalue weighted by molar-refractivity contribution is 7.61. The summed E-state index contributed by atoms with van der Waals surface area (Å²) in [5.41, 5.74) is 0. The van der Waals surface area contributed by atoms with Crippen LogP contribution in [-0.2, 0) is 4.57 Å². The molecule has 9 heteroatoms. The summed E-state index contributed by atoms with van der Waals surface area (Å²) in [6.45, 7) is 3.31. The van der Waals surface area contributed by atoms with Crippen molar-refractivity contribution in [2.24, 2.45) is 0 Å². The van der Waals surface area contributed by atoms with E-state index in [9.17, 15) is 4.57 Å². The van der Waals surface area contributed by atoms with E-state index in [1.54, 1.807) is 0 Å². The highest BCUT2D eigenvalue weighted by Gasteiger charge is 2.48.